The lowest BCUT2D eigenvalue weighted by atomic mass is 10.1. The number of esters is 1. The predicted octanol–water partition coefficient (Wildman–Crippen LogP) is 4.10. The molecule has 3 aromatic rings. The number of rotatable bonds is 6. The number of fused-ring (bicyclic) bond motifs is 1. The molecule has 0 fully saturated rings. The normalized spacial score (nSPS) is 11.0. The highest BCUT2D eigenvalue weighted by atomic mass is 32.1. The highest BCUT2D eigenvalue weighted by Crippen LogP contribution is 2.22. The van der Waals surface area contributed by atoms with Crippen molar-refractivity contribution in [2.75, 3.05) is 13.7 Å². The van der Waals surface area contributed by atoms with Crippen LogP contribution in [0.2, 0.25) is 0 Å². The molecule has 0 N–H and O–H groups in total. The summed E-state index contributed by atoms with van der Waals surface area (Å²) in [6, 6.07) is 15.6. The first-order valence-electron chi connectivity index (χ1n) is 7.58. The number of nitrogens with zero attached hydrogens (tertiary/aromatic N) is 1. The number of carbonyl (C=O) groups excluding carboxylic acids is 1. The number of carbonyl (C=O) groups is 1. The molecular formula is C19H17NO3S. The molecule has 1 aromatic heterocycles. The van der Waals surface area contributed by atoms with Crippen molar-refractivity contribution in [2.45, 2.75) is 6.42 Å². The van der Waals surface area contributed by atoms with Gasteiger partial charge in [-0.05, 0) is 35.9 Å². The van der Waals surface area contributed by atoms with Crippen LogP contribution < -0.4 is 4.74 Å². The molecule has 0 atom stereocenters. The Balaban J connectivity index is 1.49. The SMILES string of the molecule is COc1ccc(CCOC(=O)/C=C/c2nc3ccccc3s2)cc1. The third-order valence-electron chi connectivity index (χ3n) is 3.47. The molecule has 0 amide bonds. The number of methoxy groups -OCH3 is 1. The van der Waals surface area contributed by atoms with E-state index in [-0.39, 0.29) is 5.97 Å². The second-order valence-corrected chi connectivity index (χ2v) is 6.18. The van der Waals surface area contributed by atoms with Gasteiger partial charge in [-0.25, -0.2) is 9.78 Å². The summed E-state index contributed by atoms with van der Waals surface area (Å²) in [5, 5.41) is 0.795. The lowest BCUT2D eigenvalue weighted by Gasteiger charge is -2.04. The fraction of sp³-hybridized carbons (Fsp3) is 0.158. The highest BCUT2D eigenvalue weighted by molar-refractivity contribution is 7.19. The van der Waals surface area contributed by atoms with E-state index in [9.17, 15) is 4.79 Å². The van der Waals surface area contributed by atoms with Gasteiger partial charge in [-0.3, -0.25) is 0 Å². The fourth-order valence-electron chi connectivity index (χ4n) is 2.21. The van der Waals surface area contributed by atoms with Crippen LogP contribution in [0, 0.1) is 0 Å². The van der Waals surface area contributed by atoms with Crippen LogP contribution in [-0.4, -0.2) is 24.7 Å². The minimum absolute atomic E-state index is 0.343. The number of aromatic nitrogens is 1. The molecule has 0 aliphatic carbocycles. The van der Waals surface area contributed by atoms with Gasteiger partial charge < -0.3 is 9.47 Å². The Bertz CT molecular complexity index is 819. The Morgan fingerprint density at radius 3 is 2.71 bits per heavy atom. The molecule has 0 spiro atoms. The summed E-state index contributed by atoms with van der Waals surface area (Å²) in [5.74, 6) is 0.456. The first-order chi connectivity index (χ1) is 11.7. The van der Waals surface area contributed by atoms with Gasteiger partial charge >= 0.3 is 5.97 Å². The molecule has 0 bridgehead atoms. The maximum atomic E-state index is 11.8. The first-order valence-corrected chi connectivity index (χ1v) is 8.39. The predicted molar refractivity (Wildman–Crippen MR) is 96.3 cm³/mol. The number of thiazole rings is 1. The standard InChI is InChI=1S/C19H17NO3S/c1-22-15-8-6-14(7-9-15)12-13-23-19(21)11-10-18-20-16-4-2-3-5-17(16)24-18/h2-11H,12-13H2,1H3/b11-10+. The van der Waals surface area contributed by atoms with E-state index in [1.807, 2.05) is 48.5 Å². The van der Waals surface area contributed by atoms with Crippen molar-refractivity contribution in [3.8, 4) is 5.75 Å². The molecule has 0 saturated carbocycles. The quantitative estimate of drug-likeness (QED) is 0.501. The van der Waals surface area contributed by atoms with Gasteiger partial charge in [-0.1, -0.05) is 24.3 Å². The van der Waals surface area contributed by atoms with Crippen LogP contribution in [0.3, 0.4) is 0 Å². The summed E-state index contributed by atoms with van der Waals surface area (Å²) in [5.41, 5.74) is 2.04. The van der Waals surface area contributed by atoms with Crippen molar-refractivity contribution >= 4 is 33.6 Å². The van der Waals surface area contributed by atoms with E-state index in [0.717, 1.165) is 26.5 Å². The van der Waals surface area contributed by atoms with Gasteiger partial charge in [0.15, 0.2) is 0 Å². The Morgan fingerprint density at radius 1 is 1.17 bits per heavy atom. The lowest BCUT2D eigenvalue weighted by molar-refractivity contribution is -0.137. The summed E-state index contributed by atoms with van der Waals surface area (Å²) in [6.07, 6.45) is 3.79. The van der Waals surface area contributed by atoms with E-state index in [4.69, 9.17) is 9.47 Å². The molecular weight excluding hydrogens is 322 g/mol. The van der Waals surface area contributed by atoms with Gasteiger partial charge in [-0.2, -0.15) is 0 Å². The van der Waals surface area contributed by atoms with E-state index < -0.39 is 0 Å². The van der Waals surface area contributed by atoms with Gasteiger partial charge in [0, 0.05) is 12.5 Å². The molecule has 1 heterocycles. The maximum Gasteiger partial charge on any atom is 0.330 e. The fourth-order valence-corrected chi connectivity index (χ4v) is 3.08. The molecule has 0 unspecified atom stereocenters. The summed E-state index contributed by atoms with van der Waals surface area (Å²) < 4.78 is 11.4. The number of benzene rings is 2. The molecule has 2 aromatic carbocycles. The average Bonchev–Trinajstić information content (AvgIpc) is 3.03. The minimum Gasteiger partial charge on any atom is -0.497 e. The summed E-state index contributed by atoms with van der Waals surface area (Å²) >= 11 is 1.55. The highest BCUT2D eigenvalue weighted by Gasteiger charge is 2.02. The molecule has 24 heavy (non-hydrogen) atoms. The van der Waals surface area contributed by atoms with Gasteiger partial charge in [0.2, 0.25) is 0 Å². The van der Waals surface area contributed by atoms with Crippen LogP contribution in [0.1, 0.15) is 10.6 Å². The molecule has 4 nitrogen and oxygen atoms in total. The second kappa shape index (κ2) is 7.75. The van der Waals surface area contributed by atoms with Crippen molar-refractivity contribution in [1.29, 1.82) is 0 Å². The number of hydrogen-bond donors (Lipinski definition) is 0. The Kier molecular flexibility index (Phi) is 5.23. The van der Waals surface area contributed by atoms with Crippen LogP contribution in [0.4, 0.5) is 0 Å². The molecule has 0 radical (unpaired) electrons. The first kappa shape index (κ1) is 16.2. The van der Waals surface area contributed by atoms with Crippen LogP contribution in [-0.2, 0) is 16.0 Å². The zero-order valence-corrected chi connectivity index (χ0v) is 14.1. The topological polar surface area (TPSA) is 48.4 Å². The van der Waals surface area contributed by atoms with Gasteiger partial charge in [0.05, 0.1) is 23.9 Å². The van der Waals surface area contributed by atoms with Crippen LogP contribution in [0.5, 0.6) is 5.75 Å². The Morgan fingerprint density at radius 2 is 1.96 bits per heavy atom. The van der Waals surface area contributed by atoms with E-state index in [1.165, 1.54) is 6.08 Å². The van der Waals surface area contributed by atoms with E-state index in [0.29, 0.717) is 13.0 Å². The van der Waals surface area contributed by atoms with Crippen LogP contribution in [0.15, 0.2) is 54.6 Å². The number of para-hydroxylation sites is 1. The molecule has 122 valence electrons. The van der Waals surface area contributed by atoms with Crippen LogP contribution in [0.25, 0.3) is 16.3 Å². The Labute approximate surface area is 144 Å². The molecule has 0 aliphatic heterocycles. The number of hydrogen-bond acceptors (Lipinski definition) is 5. The minimum atomic E-state index is -0.359. The van der Waals surface area contributed by atoms with E-state index >= 15 is 0 Å². The van der Waals surface area contributed by atoms with Crippen molar-refractivity contribution in [1.82, 2.24) is 4.98 Å². The van der Waals surface area contributed by atoms with Crippen molar-refractivity contribution in [2.24, 2.45) is 0 Å². The third kappa shape index (κ3) is 4.20. The largest absolute Gasteiger partial charge is 0.497 e. The van der Waals surface area contributed by atoms with Crippen molar-refractivity contribution in [3.05, 3.63) is 65.2 Å². The molecule has 0 aliphatic rings. The zero-order valence-electron chi connectivity index (χ0n) is 13.3. The van der Waals surface area contributed by atoms with Gasteiger partial charge in [0.25, 0.3) is 0 Å². The smallest absolute Gasteiger partial charge is 0.330 e. The summed E-state index contributed by atoms with van der Waals surface area (Å²) in [6.45, 7) is 0.343. The van der Waals surface area contributed by atoms with Crippen LogP contribution >= 0.6 is 11.3 Å². The van der Waals surface area contributed by atoms with Crippen molar-refractivity contribution < 1.29 is 14.3 Å². The third-order valence-corrected chi connectivity index (χ3v) is 4.47. The lowest BCUT2D eigenvalue weighted by Crippen LogP contribution is -2.04. The number of ether oxygens (including phenoxy) is 2. The second-order valence-electron chi connectivity index (χ2n) is 5.12. The monoisotopic (exact) mass is 339 g/mol. The van der Waals surface area contributed by atoms with E-state index in [2.05, 4.69) is 4.98 Å². The summed E-state index contributed by atoms with van der Waals surface area (Å²) in [7, 11) is 1.63. The molecule has 5 heteroatoms. The van der Waals surface area contributed by atoms with E-state index in [1.54, 1.807) is 24.5 Å². The summed E-state index contributed by atoms with van der Waals surface area (Å²) in [4.78, 5) is 16.2. The average molecular weight is 339 g/mol. The van der Waals surface area contributed by atoms with Gasteiger partial charge in [-0.15, -0.1) is 11.3 Å². The zero-order chi connectivity index (χ0) is 16.8. The molecule has 0 saturated heterocycles. The van der Waals surface area contributed by atoms with Crippen molar-refractivity contribution in [3.63, 3.8) is 0 Å². The van der Waals surface area contributed by atoms with Gasteiger partial charge in [0.1, 0.15) is 10.8 Å². The molecule has 3 rings (SSSR count). The maximum absolute atomic E-state index is 11.8. The Hall–Kier alpha value is -2.66.